The highest BCUT2D eigenvalue weighted by atomic mass is 31.1. The largest absolute Gasteiger partial charge is 0.119 e. The molecule has 0 amide bonds. The van der Waals surface area contributed by atoms with Gasteiger partial charge in [-0.3, -0.25) is 0 Å². The molecule has 1 heteroatoms. The third-order valence-electron chi connectivity index (χ3n) is 1.94. The average Bonchev–Trinajstić information content (AvgIpc) is 1.97. The first-order valence-electron chi connectivity index (χ1n) is 4.94. The summed E-state index contributed by atoms with van der Waals surface area (Å²) in [7, 11) is 1.21. The molecule has 0 heterocycles. The molecule has 0 rings (SSSR count). The highest BCUT2D eigenvalue weighted by Gasteiger charge is 2.04. The van der Waals surface area contributed by atoms with Gasteiger partial charge in [0.05, 0.1) is 0 Å². The van der Waals surface area contributed by atoms with E-state index >= 15 is 0 Å². The molecular formula is C10H23P. The van der Waals surface area contributed by atoms with Crippen molar-refractivity contribution in [3.63, 3.8) is 0 Å². The van der Waals surface area contributed by atoms with E-state index in [0.717, 1.165) is 11.6 Å². The zero-order valence-electron chi connectivity index (χ0n) is 8.48. The Kier molecular flexibility index (Phi) is 7.38. The van der Waals surface area contributed by atoms with Crippen molar-refractivity contribution in [1.29, 1.82) is 0 Å². The van der Waals surface area contributed by atoms with Gasteiger partial charge in [0.2, 0.25) is 0 Å². The molecule has 0 radical (unpaired) electrons. The van der Waals surface area contributed by atoms with Gasteiger partial charge in [-0.15, -0.1) is 8.58 Å². The van der Waals surface area contributed by atoms with Crippen molar-refractivity contribution in [2.45, 2.75) is 52.6 Å². The lowest BCUT2D eigenvalue weighted by atomic mass is 10.2. The van der Waals surface area contributed by atoms with E-state index in [9.17, 15) is 0 Å². The second kappa shape index (κ2) is 7.10. The van der Waals surface area contributed by atoms with Gasteiger partial charge in [-0.1, -0.05) is 34.1 Å². The van der Waals surface area contributed by atoms with Crippen LogP contribution in [0.15, 0.2) is 0 Å². The minimum absolute atomic E-state index is 0.902. The SMILES string of the molecule is CCCC(CC)PCC(C)C. The smallest absolute Gasteiger partial charge is 0.0239 e. The van der Waals surface area contributed by atoms with Gasteiger partial charge in [0, 0.05) is 0 Å². The fourth-order valence-corrected chi connectivity index (χ4v) is 2.79. The minimum Gasteiger partial charge on any atom is -0.119 e. The van der Waals surface area contributed by atoms with Gasteiger partial charge in [-0.2, -0.15) is 0 Å². The van der Waals surface area contributed by atoms with Crippen molar-refractivity contribution in [3.8, 4) is 0 Å². The summed E-state index contributed by atoms with van der Waals surface area (Å²) in [6.45, 7) is 9.27. The molecule has 0 fully saturated rings. The summed E-state index contributed by atoms with van der Waals surface area (Å²) in [4.78, 5) is 0. The number of hydrogen-bond acceptors (Lipinski definition) is 0. The van der Waals surface area contributed by atoms with Crippen LogP contribution in [0.5, 0.6) is 0 Å². The van der Waals surface area contributed by atoms with Crippen LogP contribution in [0.3, 0.4) is 0 Å². The molecule has 0 aromatic carbocycles. The molecule has 2 atom stereocenters. The van der Waals surface area contributed by atoms with E-state index in [2.05, 4.69) is 27.7 Å². The van der Waals surface area contributed by atoms with Crippen LogP contribution < -0.4 is 0 Å². The molecule has 0 saturated heterocycles. The zero-order chi connectivity index (χ0) is 8.69. The first kappa shape index (κ1) is 11.4. The van der Waals surface area contributed by atoms with Crippen LogP contribution in [0.4, 0.5) is 0 Å². The van der Waals surface area contributed by atoms with Crippen molar-refractivity contribution in [1.82, 2.24) is 0 Å². The maximum atomic E-state index is 2.33. The lowest BCUT2D eigenvalue weighted by Crippen LogP contribution is -2.01. The first-order valence-corrected chi connectivity index (χ1v) is 6.22. The van der Waals surface area contributed by atoms with Gasteiger partial charge >= 0.3 is 0 Å². The van der Waals surface area contributed by atoms with Gasteiger partial charge in [-0.25, -0.2) is 0 Å². The number of rotatable bonds is 6. The monoisotopic (exact) mass is 174 g/mol. The maximum Gasteiger partial charge on any atom is -0.0239 e. The van der Waals surface area contributed by atoms with Gasteiger partial charge in [-0.05, 0) is 30.6 Å². The first-order chi connectivity index (χ1) is 5.20. The Morgan fingerprint density at radius 3 is 2.18 bits per heavy atom. The lowest BCUT2D eigenvalue weighted by Gasteiger charge is -2.14. The Labute approximate surface area is 73.9 Å². The third kappa shape index (κ3) is 6.81. The van der Waals surface area contributed by atoms with E-state index < -0.39 is 0 Å². The van der Waals surface area contributed by atoms with Crippen LogP contribution in [0.25, 0.3) is 0 Å². The van der Waals surface area contributed by atoms with Crippen LogP contribution in [0.1, 0.15) is 47.0 Å². The van der Waals surface area contributed by atoms with Crippen molar-refractivity contribution >= 4 is 8.58 Å². The Balaban J connectivity index is 3.35. The second-order valence-electron chi connectivity index (χ2n) is 3.70. The molecule has 0 spiro atoms. The molecule has 0 saturated carbocycles. The van der Waals surface area contributed by atoms with Gasteiger partial charge in [0.15, 0.2) is 0 Å². The predicted octanol–water partition coefficient (Wildman–Crippen LogP) is 3.90. The van der Waals surface area contributed by atoms with E-state index in [1.165, 1.54) is 34.0 Å². The standard InChI is InChI=1S/C10H23P/c1-5-7-10(6-2)11-8-9(3)4/h9-11H,5-8H2,1-4H3. The molecule has 0 nitrogen and oxygen atoms in total. The van der Waals surface area contributed by atoms with Gasteiger partial charge < -0.3 is 0 Å². The van der Waals surface area contributed by atoms with E-state index in [0.29, 0.717) is 0 Å². The molecule has 0 aromatic heterocycles. The molecular weight excluding hydrogens is 151 g/mol. The minimum atomic E-state index is 0.902. The molecule has 0 aliphatic carbocycles. The molecule has 68 valence electrons. The Morgan fingerprint density at radius 2 is 1.82 bits per heavy atom. The summed E-state index contributed by atoms with van der Waals surface area (Å²) < 4.78 is 0. The third-order valence-corrected chi connectivity index (χ3v) is 4.27. The average molecular weight is 174 g/mol. The molecule has 0 N–H and O–H groups in total. The summed E-state index contributed by atoms with van der Waals surface area (Å²) in [5.74, 6) is 0.902. The molecule has 0 aliphatic heterocycles. The Hall–Kier alpha value is 0.430. The topological polar surface area (TPSA) is 0 Å². The quantitative estimate of drug-likeness (QED) is 0.536. The Morgan fingerprint density at radius 1 is 1.18 bits per heavy atom. The summed E-state index contributed by atoms with van der Waals surface area (Å²) in [5, 5.41) is 0. The van der Waals surface area contributed by atoms with Gasteiger partial charge in [0.1, 0.15) is 0 Å². The zero-order valence-corrected chi connectivity index (χ0v) is 9.48. The normalized spacial score (nSPS) is 15.0. The van der Waals surface area contributed by atoms with Crippen LogP contribution in [-0.4, -0.2) is 11.8 Å². The van der Waals surface area contributed by atoms with Crippen molar-refractivity contribution in [2.24, 2.45) is 5.92 Å². The summed E-state index contributed by atoms with van der Waals surface area (Å²) >= 11 is 0. The van der Waals surface area contributed by atoms with Crippen molar-refractivity contribution in [3.05, 3.63) is 0 Å². The van der Waals surface area contributed by atoms with Crippen LogP contribution in [0.2, 0.25) is 0 Å². The van der Waals surface area contributed by atoms with E-state index in [1.807, 2.05) is 0 Å². The molecule has 11 heavy (non-hydrogen) atoms. The van der Waals surface area contributed by atoms with E-state index in [4.69, 9.17) is 0 Å². The Bertz CT molecular complexity index is 78.9. The van der Waals surface area contributed by atoms with Gasteiger partial charge in [0.25, 0.3) is 0 Å². The predicted molar refractivity (Wildman–Crippen MR) is 57.0 cm³/mol. The van der Waals surface area contributed by atoms with Crippen molar-refractivity contribution < 1.29 is 0 Å². The number of hydrogen-bond donors (Lipinski definition) is 0. The molecule has 2 unspecified atom stereocenters. The molecule has 0 aromatic rings. The summed E-state index contributed by atoms with van der Waals surface area (Å²) in [6, 6.07) is 0. The fraction of sp³-hybridized carbons (Fsp3) is 1.00. The summed E-state index contributed by atoms with van der Waals surface area (Å²) in [6.07, 6.45) is 5.64. The second-order valence-corrected chi connectivity index (χ2v) is 5.33. The highest BCUT2D eigenvalue weighted by Crippen LogP contribution is 2.27. The molecule has 0 bridgehead atoms. The summed E-state index contributed by atoms with van der Waals surface area (Å²) in [5.41, 5.74) is 1.03. The highest BCUT2D eigenvalue weighted by molar-refractivity contribution is 7.38. The van der Waals surface area contributed by atoms with Crippen LogP contribution in [0, 0.1) is 5.92 Å². The van der Waals surface area contributed by atoms with Crippen molar-refractivity contribution in [2.75, 3.05) is 6.16 Å². The maximum absolute atomic E-state index is 2.33. The van der Waals surface area contributed by atoms with Crippen LogP contribution >= 0.6 is 8.58 Å². The molecule has 0 aliphatic rings. The van der Waals surface area contributed by atoms with Crippen LogP contribution in [-0.2, 0) is 0 Å². The van der Waals surface area contributed by atoms with E-state index in [-0.39, 0.29) is 0 Å². The lowest BCUT2D eigenvalue weighted by molar-refractivity contribution is 0.697. The fourth-order valence-electron chi connectivity index (χ4n) is 1.20. The van der Waals surface area contributed by atoms with E-state index in [1.54, 1.807) is 0 Å².